The molecule has 0 amide bonds. The van der Waals surface area contributed by atoms with Gasteiger partial charge in [0, 0.05) is 29.5 Å². The number of benzene rings is 2. The van der Waals surface area contributed by atoms with Crippen molar-refractivity contribution in [1.29, 1.82) is 0 Å². The van der Waals surface area contributed by atoms with Gasteiger partial charge in [0.1, 0.15) is 17.5 Å². The zero-order valence-electron chi connectivity index (χ0n) is 13.9. The molecule has 1 heterocycles. The lowest BCUT2D eigenvalue weighted by Crippen LogP contribution is -2.12. The summed E-state index contributed by atoms with van der Waals surface area (Å²) in [5, 5.41) is 4.03. The van der Waals surface area contributed by atoms with Crippen molar-refractivity contribution in [3.63, 3.8) is 0 Å². The highest BCUT2D eigenvalue weighted by Gasteiger charge is 2.09. The maximum atomic E-state index is 6.19. The van der Waals surface area contributed by atoms with E-state index in [4.69, 9.17) is 11.6 Å². The van der Waals surface area contributed by atoms with E-state index in [9.17, 15) is 0 Å². The van der Waals surface area contributed by atoms with E-state index < -0.39 is 0 Å². The number of hydrogen-bond donors (Lipinski definition) is 1. The third kappa shape index (κ3) is 3.66. The van der Waals surface area contributed by atoms with Crippen LogP contribution in [-0.2, 0) is 0 Å². The molecule has 2 aromatic carbocycles. The highest BCUT2D eigenvalue weighted by Crippen LogP contribution is 2.26. The molecular formula is C19H19ClN4. The lowest BCUT2D eigenvalue weighted by Gasteiger charge is -2.19. The Morgan fingerprint density at radius 3 is 2.42 bits per heavy atom. The Kier molecular flexibility index (Phi) is 4.67. The molecule has 5 heteroatoms. The third-order valence-electron chi connectivity index (χ3n) is 3.76. The second kappa shape index (κ2) is 6.89. The number of anilines is 4. The topological polar surface area (TPSA) is 41.1 Å². The van der Waals surface area contributed by atoms with Gasteiger partial charge < -0.3 is 10.2 Å². The van der Waals surface area contributed by atoms with E-state index >= 15 is 0 Å². The van der Waals surface area contributed by atoms with Crippen LogP contribution in [0.2, 0.25) is 5.02 Å². The predicted octanol–water partition coefficient (Wildman–Crippen LogP) is 5.26. The molecule has 1 aromatic heterocycles. The van der Waals surface area contributed by atoms with E-state index in [0.29, 0.717) is 5.82 Å². The Hall–Kier alpha value is -2.59. The van der Waals surface area contributed by atoms with Crippen molar-refractivity contribution in [2.75, 3.05) is 17.3 Å². The van der Waals surface area contributed by atoms with Crippen LogP contribution >= 0.6 is 11.6 Å². The number of rotatable bonds is 4. The summed E-state index contributed by atoms with van der Waals surface area (Å²) in [7, 11) is 1.99. The van der Waals surface area contributed by atoms with Crippen molar-refractivity contribution < 1.29 is 0 Å². The van der Waals surface area contributed by atoms with Gasteiger partial charge in [0.05, 0.1) is 0 Å². The van der Waals surface area contributed by atoms with Gasteiger partial charge in [-0.05, 0) is 43.7 Å². The summed E-state index contributed by atoms with van der Waals surface area (Å²) in [6.07, 6.45) is 0. The minimum atomic E-state index is 0.705. The van der Waals surface area contributed by atoms with Gasteiger partial charge in [-0.15, -0.1) is 0 Å². The highest BCUT2D eigenvalue weighted by molar-refractivity contribution is 6.31. The molecule has 3 rings (SSSR count). The van der Waals surface area contributed by atoms with Gasteiger partial charge in [-0.25, -0.2) is 9.97 Å². The summed E-state index contributed by atoms with van der Waals surface area (Å²) in [6, 6.07) is 17.9. The van der Waals surface area contributed by atoms with Crippen LogP contribution in [-0.4, -0.2) is 17.0 Å². The summed E-state index contributed by atoms with van der Waals surface area (Å²) in [5.41, 5.74) is 3.02. The number of hydrogen-bond acceptors (Lipinski definition) is 4. The standard InChI is InChI=1S/C19H19ClN4/c1-13-9-10-15(11-17(13)20)23-18-12-19(22-14(2)21-18)24(3)16-7-5-4-6-8-16/h4-12H,1-3H3,(H,21,22,23). The van der Waals surface area contributed by atoms with E-state index in [0.717, 1.165) is 33.6 Å². The minimum Gasteiger partial charge on any atom is -0.340 e. The number of nitrogens with zero attached hydrogens (tertiary/aromatic N) is 3. The van der Waals surface area contributed by atoms with Gasteiger partial charge >= 0.3 is 0 Å². The minimum absolute atomic E-state index is 0.705. The molecular weight excluding hydrogens is 320 g/mol. The maximum absolute atomic E-state index is 6.19. The molecule has 0 aliphatic heterocycles. The Labute approximate surface area is 147 Å². The molecule has 1 N–H and O–H groups in total. The van der Waals surface area contributed by atoms with Crippen molar-refractivity contribution in [1.82, 2.24) is 9.97 Å². The van der Waals surface area contributed by atoms with Crippen molar-refractivity contribution in [3.8, 4) is 0 Å². The summed E-state index contributed by atoms with van der Waals surface area (Å²) >= 11 is 6.19. The molecule has 0 atom stereocenters. The van der Waals surface area contributed by atoms with E-state index in [-0.39, 0.29) is 0 Å². The first kappa shape index (κ1) is 16.3. The molecule has 0 saturated carbocycles. The summed E-state index contributed by atoms with van der Waals surface area (Å²) in [5.74, 6) is 2.27. The molecule has 0 radical (unpaired) electrons. The summed E-state index contributed by atoms with van der Waals surface area (Å²) in [6.45, 7) is 3.86. The van der Waals surface area contributed by atoms with Crippen LogP contribution in [0.25, 0.3) is 0 Å². The molecule has 0 aliphatic carbocycles. The molecule has 0 fully saturated rings. The average Bonchev–Trinajstić information content (AvgIpc) is 2.58. The average molecular weight is 339 g/mol. The number of halogens is 1. The molecule has 24 heavy (non-hydrogen) atoms. The molecule has 0 spiro atoms. The highest BCUT2D eigenvalue weighted by atomic mass is 35.5. The zero-order valence-corrected chi connectivity index (χ0v) is 14.7. The van der Waals surface area contributed by atoms with E-state index in [1.807, 2.05) is 80.4 Å². The van der Waals surface area contributed by atoms with Crippen molar-refractivity contribution >= 4 is 34.6 Å². The molecule has 0 saturated heterocycles. The van der Waals surface area contributed by atoms with Crippen molar-refractivity contribution in [2.45, 2.75) is 13.8 Å². The van der Waals surface area contributed by atoms with Gasteiger partial charge in [0.15, 0.2) is 0 Å². The number of aryl methyl sites for hydroxylation is 2. The van der Waals surface area contributed by atoms with Gasteiger partial charge in [-0.3, -0.25) is 0 Å². The largest absolute Gasteiger partial charge is 0.340 e. The van der Waals surface area contributed by atoms with Gasteiger partial charge in [0.25, 0.3) is 0 Å². The summed E-state index contributed by atoms with van der Waals surface area (Å²) < 4.78 is 0. The molecule has 0 aliphatic rings. The second-order valence-electron chi connectivity index (χ2n) is 5.64. The summed E-state index contributed by atoms with van der Waals surface area (Å²) in [4.78, 5) is 11.0. The molecule has 4 nitrogen and oxygen atoms in total. The Balaban J connectivity index is 1.90. The molecule has 3 aromatic rings. The first-order valence-electron chi connectivity index (χ1n) is 7.70. The third-order valence-corrected chi connectivity index (χ3v) is 4.16. The predicted molar refractivity (Wildman–Crippen MR) is 101 cm³/mol. The fourth-order valence-electron chi connectivity index (χ4n) is 2.39. The van der Waals surface area contributed by atoms with Crippen LogP contribution in [0.15, 0.2) is 54.6 Å². The van der Waals surface area contributed by atoms with Crippen LogP contribution in [0, 0.1) is 13.8 Å². The maximum Gasteiger partial charge on any atom is 0.138 e. The second-order valence-corrected chi connectivity index (χ2v) is 6.05. The fourth-order valence-corrected chi connectivity index (χ4v) is 2.57. The molecule has 0 unspecified atom stereocenters. The Morgan fingerprint density at radius 2 is 1.71 bits per heavy atom. The van der Waals surface area contributed by atoms with Gasteiger partial charge in [-0.1, -0.05) is 35.9 Å². The van der Waals surface area contributed by atoms with Gasteiger partial charge in [0.2, 0.25) is 0 Å². The number of nitrogens with one attached hydrogen (secondary N) is 1. The van der Waals surface area contributed by atoms with Crippen molar-refractivity contribution in [3.05, 3.63) is 71.0 Å². The van der Waals surface area contributed by atoms with Crippen LogP contribution in [0.1, 0.15) is 11.4 Å². The molecule has 122 valence electrons. The van der Waals surface area contributed by atoms with Crippen LogP contribution in [0.3, 0.4) is 0 Å². The van der Waals surface area contributed by atoms with Crippen molar-refractivity contribution in [2.24, 2.45) is 0 Å². The van der Waals surface area contributed by atoms with Gasteiger partial charge in [-0.2, -0.15) is 0 Å². The van der Waals surface area contributed by atoms with Crippen LogP contribution in [0.5, 0.6) is 0 Å². The van der Waals surface area contributed by atoms with E-state index in [1.165, 1.54) is 0 Å². The van der Waals surface area contributed by atoms with Crippen LogP contribution < -0.4 is 10.2 Å². The first-order chi connectivity index (χ1) is 11.5. The smallest absolute Gasteiger partial charge is 0.138 e. The van der Waals surface area contributed by atoms with Crippen LogP contribution in [0.4, 0.5) is 23.0 Å². The Bertz CT molecular complexity index is 849. The molecule has 0 bridgehead atoms. The van der Waals surface area contributed by atoms with E-state index in [1.54, 1.807) is 0 Å². The first-order valence-corrected chi connectivity index (χ1v) is 8.08. The normalized spacial score (nSPS) is 10.5. The lowest BCUT2D eigenvalue weighted by atomic mass is 10.2. The fraction of sp³-hybridized carbons (Fsp3) is 0.158. The quantitative estimate of drug-likeness (QED) is 0.704. The lowest BCUT2D eigenvalue weighted by molar-refractivity contribution is 1.02. The van der Waals surface area contributed by atoms with E-state index in [2.05, 4.69) is 15.3 Å². The SMILES string of the molecule is Cc1nc(Nc2ccc(C)c(Cl)c2)cc(N(C)c2ccccc2)n1. The number of aromatic nitrogens is 2. The Morgan fingerprint density at radius 1 is 0.958 bits per heavy atom. The monoisotopic (exact) mass is 338 g/mol. The number of para-hydroxylation sites is 1. The zero-order chi connectivity index (χ0) is 17.1.